The zero-order chi connectivity index (χ0) is 14.1. The first-order chi connectivity index (χ1) is 9.63. The molecule has 1 aromatic heterocycles. The molecule has 0 saturated heterocycles. The van der Waals surface area contributed by atoms with Gasteiger partial charge in [0.2, 0.25) is 0 Å². The van der Waals surface area contributed by atoms with Gasteiger partial charge in [0.15, 0.2) is 0 Å². The van der Waals surface area contributed by atoms with Gasteiger partial charge in [0.05, 0.1) is 6.61 Å². The molecule has 3 rings (SSSR count). The third-order valence-corrected chi connectivity index (χ3v) is 5.01. The van der Waals surface area contributed by atoms with Gasteiger partial charge in [-0.05, 0) is 43.7 Å². The zero-order valence-corrected chi connectivity index (χ0v) is 13.3. The molecule has 4 heteroatoms. The highest BCUT2D eigenvalue weighted by molar-refractivity contribution is 7.12. The van der Waals surface area contributed by atoms with Crippen molar-refractivity contribution in [1.29, 1.82) is 0 Å². The molecule has 2 heterocycles. The van der Waals surface area contributed by atoms with E-state index in [2.05, 4.69) is 31.3 Å². The second-order valence-electron chi connectivity index (χ2n) is 5.20. The maximum atomic E-state index is 6.18. The summed E-state index contributed by atoms with van der Waals surface area (Å²) in [5.41, 5.74) is 2.39. The van der Waals surface area contributed by atoms with Crippen LogP contribution in [-0.4, -0.2) is 6.61 Å². The third kappa shape index (κ3) is 2.85. The van der Waals surface area contributed by atoms with Gasteiger partial charge in [0.25, 0.3) is 0 Å². The minimum atomic E-state index is 0.338. The number of hydrogen-bond acceptors (Lipinski definition) is 3. The van der Waals surface area contributed by atoms with E-state index in [0.717, 1.165) is 35.9 Å². The number of aryl methyl sites for hydroxylation is 1. The number of hydrogen-bond donors (Lipinski definition) is 1. The molecule has 0 amide bonds. The van der Waals surface area contributed by atoms with Crippen LogP contribution < -0.4 is 10.1 Å². The SMILES string of the molecule is Cc1ccc(C(C)NCc2cc(Cl)cc3c2OCC3)s1. The van der Waals surface area contributed by atoms with Crippen LogP contribution in [-0.2, 0) is 13.0 Å². The van der Waals surface area contributed by atoms with Crippen molar-refractivity contribution in [3.05, 3.63) is 50.2 Å². The van der Waals surface area contributed by atoms with E-state index in [0.29, 0.717) is 6.04 Å². The first kappa shape index (κ1) is 13.9. The molecule has 2 aromatic rings. The number of ether oxygens (including phenoxy) is 1. The minimum absolute atomic E-state index is 0.338. The average Bonchev–Trinajstić information content (AvgIpc) is 3.03. The molecule has 2 nitrogen and oxygen atoms in total. The van der Waals surface area contributed by atoms with Crippen LogP contribution in [0.25, 0.3) is 0 Å². The fourth-order valence-electron chi connectivity index (χ4n) is 2.53. The lowest BCUT2D eigenvalue weighted by Gasteiger charge is -2.14. The molecular formula is C16H18ClNOS. The van der Waals surface area contributed by atoms with Crippen LogP contribution >= 0.6 is 22.9 Å². The van der Waals surface area contributed by atoms with E-state index in [1.165, 1.54) is 15.3 Å². The van der Waals surface area contributed by atoms with Crippen molar-refractivity contribution in [1.82, 2.24) is 5.32 Å². The fraction of sp³-hybridized carbons (Fsp3) is 0.375. The van der Waals surface area contributed by atoms with Gasteiger partial charge in [-0.25, -0.2) is 0 Å². The minimum Gasteiger partial charge on any atom is -0.493 e. The van der Waals surface area contributed by atoms with Gasteiger partial charge < -0.3 is 10.1 Å². The Hall–Kier alpha value is -1.03. The average molecular weight is 308 g/mol. The smallest absolute Gasteiger partial charge is 0.127 e. The molecule has 1 N–H and O–H groups in total. The maximum Gasteiger partial charge on any atom is 0.127 e. The topological polar surface area (TPSA) is 21.3 Å². The first-order valence-corrected chi connectivity index (χ1v) is 8.07. The Kier molecular flexibility index (Phi) is 4.01. The maximum absolute atomic E-state index is 6.18. The Morgan fingerprint density at radius 3 is 3.00 bits per heavy atom. The van der Waals surface area contributed by atoms with Gasteiger partial charge in [0, 0.05) is 39.3 Å². The summed E-state index contributed by atoms with van der Waals surface area (Å²) < 4.78 is 5.73. The van der Waals surface area contributed by atoms with Crippen LogP contribution in [0.15, 0.2) is 24.3 Å². The summed E-state index contributed by atoms with van der Waals surface area (Å²) in [5, 5.41) is 4.35. The van der Waals surface area contributed by atoms with Gasteiger partial charge in [-0.3, -0.25) is 0 Å². The van der Waals surface area contributed by atoms with Gasteiger partial charge >= 0.3 is 0 Å². The Balaban J connectivity index is 1.73. The predicted molar refractivity (Wildman–Crippen MR) is 85.0 cm³/mol. The van der Waals surface area contributed by atoms with E-state index in [9.17, 15) is 0 Å². The fourth-order valence-corrected chi connectivity index (χ4v) is 3.69. The molecule has 20 heavy (non-hydrogen) atoms. The van der Waals surface area contributed by atoms with Crippen LogP contribution in [0.1, 0.15) is 33.8 Å². The van der Waals surface area contributed by atoms with Gasteiger partial charge in [-0.15, -0.1) is 11.3 Å². The molecule has 0 spiro atoms. The molecule has 1 aliphatic rings. The quantitative estimate of drug-likeness (QED) is 0.898. The molecule has 0 saturated carbocycles. The molecule has 0 fully saturated rings. The highest BCUT2D eigenvalue weighted by Crippen LogP contribution is 2.33. The number of fused-ring (bicyclic) bond motifs is 1. The summed E-state index contributed by atoms with van der Waals surface area (Å²) in [5.74, 6) is 1.02. The number of nitrogens with one attached hydrogen (secondary N) is 1. The van der Waals surface area contributed by atoms with Crippen molar-refractivity contribution >= 4 is 22.9 Å². The molecule has 1 aromatic carbocycles. The molecule has 0 bridgehead atoms. The van der Waals surface area contributed by atoms with Crippen LogP contribution in [0.2, 0.25) is 5.02 Å². The zero-order valence-electron chi connectivity index (χ0n) is 11.7. The summed E-state index contributed by atoms with van der Waals surface area (Å²) in [4.78, 5) is 2.71. The number of halogens is 1. The Morgan fingerprint density at radius 2 is 2.25 bits per heavy atom. The molecular weight excluding hydrogens is 290 g/mol. The van der Waals surface area contributed by atoms with Crippen LogP contribution in [0.4, 0.5) is 0 Å². The monoisotopic (exact) mass is 307 g/mol. The van der Waals surface area contributed by atoms with Gasteiger partial charge in [-0.1, -0.05) is 11.6 Å². The summed E-state index contributed by atoms with van der Waals surface area (Å²) in [7, 11) is 0. The lowest BCUT2D eigenvalue weighted by Crippen LogP contribution is -2.17. The van der Waals surface area contributed by atoms with Crippen molar-refractivity contribution in [2.75, 3.05) is 6.61 Å². The van der Waals surface area contributed by atoms with Crippen molar-refractivity contribution in [3.8, 4) is 5.75 Å². The van der Waals surface area contributed by atoms with Crippen LogP contribution in [0.5, 0.6) is 5.75 Å². The second-order valence-corrected chi connectivity index (χ2v) is 6.96. The van der Waals surface area contributed by atoms with E-state index in [-0.39, 0.29) is 0 Å². The van der Waals surface area contributed by atoms with E-state index in [1.54, 1.807) is 0 Å². The van der Waals surface area contributed by atoms with E-state index in [4.69, 9.17) is 16.3 Å². The predicted octanol–water partition coefficient (Wildman–Crippen LogP) is 4.50. The van der Waals surface area contributed by atoms with Gasteiger partial charge in [-0.2, -0.15) is 0 Å². The standard InChI is InChI=1S/C16H18ClNOS/c1-10-3-4-15(20-10)11(2)18-9-13-8-14(17)7-12-5-6-19-16(12)13/h3-4,7-8,11,18H,5-6,9H2,1-2H3. The number of rotatable bonds is 4. The normalized spacial score (nSPS) is 14.9. The van der Waals surface area contributed by atoms with Crippen LogP contribution in [0.3, 0.4) is 0 Å². The molecule has 1 atom stereocenters. The lowest BCUT2D eigenvalue weighted by molar-refractivity contribution is 0.352. The largest absolute Gasteiger partial charge is 0.493 e. The van der Waals surface area contributed by atoms with Crippen molar-refractivity contribution in [3.63, 3.8) is 0 Å². The third-order valence-electron chi connectivity index (χ3n) is 3.61. The van der Waals surface area contributed by atoms with E-state index in [1.807, 2.05) is 23.5 Å². The Morgan fingerprint density at radius 1 is 1.40 bits per heavy atom. The van der Waals surface area contributed by atoms with E-state index >= 15 is 0 Å². The first-order valence-electron chi connectivity index (χ1n) is 6.87. The van der Waals surface area contributed by atoms with Crippen molar-refractivity contribution in [2.24, 2.45) is 0 Å². The molecule has 106 valence electrons. The van der Waals surface area contributed by atoms with E-state index < -0.39 is 0 Å². The van der Waals surface area contributed by atoms with Gasteiger partial charge in [0.1, 0.15) is 5.75 Å². The number of thiophene rings is 1. The molecule has 0 aliphatic carbocycles. The second kappa shape index (κ2) is 5.76. The highest BCUT2D eigenvalue weighted by atomic mass is 35.5. The summed E-state index contributed by atoms with van der Waals surface area (Å²) in [6.45, 7) is 5.87. The Bertz CT molecular complexity index is 623. The number of benzene rings is 1. The summed E-state index contributed by atoms with van der Waals surface area (Å²) in [6, 6.07) is 8.71. The summed E-state index contributed by atoms with van der Waals surface area (Å²) >= 11 is 8.02. The molecule has 1 unspecified atom stereocenters. The molecule has 1 aliphatic heterocycles. The van der Waals surface area contributed by atoms with Crippen molar-refractivity contribution < 1.29 is 4.74 Å². The Labute approximate surface area is 128 Å². The van der Waals surface area contributed by atoms with Crippen molar-refractivity contribution in [2.45, 2.75) is 32.9 Å². The van der Waals surface area contributed by atoms with Crippen LogP contribution in [0, 0.1) is 6.92 Å². The lowest BCUT2D eigenvalue weighted by atomic mass is 10.1. The molecule has 0 radical (unpaired) electrons. The summed E-state index contributed by atoms with van der Waals surface area (Å²) in [6.07, 6.45) is 0.961. The highest BCUT2D eigenvalue weighted by Gasteiger charge is 2.18.